The van der Waals surface area contributed by atoms with Gasteiger partial charge in [-0.05, 0) is 38.5 Å². The highest BCUT2D eigenvalue weighted by Crippen LogP contribution is 2.19. The second-order valence-electron chi connectivity index (χ2n) is 4.70. The molecule has 7 heteroatoms. The van der Waals surface area contributed by atoms with Gasteiger partial charge in [-0.25, -0.2) is 13.6 Å². The van der Waals surface area contributed by atoms with Gasteiger partial charge in [-0.1, -0.05) is 6.07 Å². The highest BCUT2D eigenvalue weighted by atomic mass is 32.2. The van der Waals surface area contributed by atoms with Crippen LogP contribution in [-0.4, -0.2) is 19.9 Å². The number of hydrogen-bond donors (Lipinski definition) is 3. The molecule has 0 saturated heterocycles. The Kier molecular flexibility index (Phi) is 3.80. The molecule has 0 aliphatic rings. The predicted octanol–water partition coefficient (Wildman–Crippen LogP) is 0.318. The number of nitrogens with one attached hydrogen (secondary N) is 1. The lowest BCUT2D eigenvalue weighted by Crippen LogP contribution is -2.45. The maximum Gasteiger partial charge on any atom is 0.243 e. The SMILES string of the molecule is Cc1ccc(NC(=O)C(C)(C)N)cc1S(N)(=O)=O. The number of hydrogen-bond acceptors (Lipinski definition) is 4. The molecule has 0 heterocycles. The zero-order valence-electron chi connectivity index (χ0n) is 10.5. The summed E-state index contributed by atoms with van der Waals surface area (Å²) in [6.07, 6.45) is 0. The van der Waals surface area contributed by atoms with Crippen LogP contribution in [0.2, 0.25) is 0 Å². The van der Waals surface area contributed by atoms with Crippen LogP contribution >= 0.6 is 0 Å². The summed E-state index contributed by atoms with van der Waals surface area (Å²) in [5, 5.41) is 7.62. The first-order valence-corrected chi connectivity index (χ1v) is 6.80. The fourth-order valence-corrected chi connectivity index (χ4v) is 2.08. The third kappa shape index (κ3) is 3.52. The first-order valence-electron chi connectivity index (χ1n) is 5.25. The van der Waals surface area contributed by atoms with E-state index >= 15 is 0 Å². The van der Waals surface area contributed by atoms with E-state index in [1.165, 1.54) is 6.07 Å². The average molecular weight is 271 g/mol. The van der Waals surface area contributed by atoms with Gasteiger partial charge in [-0.2, -0.15) is 0 Å². The molecule has 18 heavy (non-hydrogen) atoms. The molecule has 0 aromatic heterocycles. The molecule has 0 aliphatic heterocycles. The highest BCUT2D eigenvalue weighted by Gasteiger charge is 2.22. The Balaban J connectivity index is 3.12. The van der Waals surface area contributed by atoms with Crippen LogP contribution in [0.1, 0.15) is 19.4 Å². The van der Waals surface area contributed by atoms with Crippen molar-refractivity contribution < 1.29 is 13.2 Å². The Hall–Kier alpha value is -1.44. The molecule has 5 N–H and O–H groups in total. The van der Waals surface area contributed by atoms with E-state index in [2.05, 4.69) is 5.32 Å². The summed E-state index contributed by atoms with van der Waals surface area (Å²) in [5.41, 5.74) is 5.43. The normalized spacial score (nSPS) is 12.3. The van der Waals surface area contributed by atoms with Crippen LogP contribution in [-0.2, 0) is 14.8 Å². The van der Waals surface area contributed by atoms with Crippen LogP contribution in [0.4, 0.5) is 5.69 Å². The summed E-state index contributed by atoms with van der Waals surface area (Å²) in [5.74, 6) is -0.410. The standard InChI is InChI=1S/C11H17N3O3S/c1-7-4-5-8(6-9(7)18(13,16)17)14-10(15)11(2,3)12/h4-6H,12H2,1-3H3,(H,14,15)(H2,13,16,17). The number of primary sulfonamides is 1. The van der Waals surface area contributed by atoms with Gasteiger partial charge in [0.25, 0.3) is 0 Å². The zero-order chi connectivity index (χ0) is 14.1. The Labute approximate surface area is 106 Å². The van der Waals surface area contributed by atoms with Crippen LogP contribution < -0.4 is 16.2 Å². The van der Waals surface area contributed by atoms with E-state index < -0.39 is 21.5 Å². The van der Waals surface area contributed by atoms with Gasteiger partial charge in [0.15, 0.2) is 0 Å². The van der Waals surface area contributed by atoms with Crippen LogP contribution in [0.3, 0.4) is 0 Å². The lowest BCUT2D eigenvalue weighted by atomic mass is 10.1. The Morgan fingerprint density at radius 2 is 1.89 bits per heavy atom. The van der Waals surface area contributed by atoms with Crippen molar-refractivity contribution in [2.24, 2.45) is 10.9 Å². The summed E-state index contributed by atoms with van der Waals surface area (Å²) in [6.45, 7) is 4.73. The fraction of sp³-hybridized carbons (Fsp3) is 0.364. The molecule has 0 fully saturated rings. The number of anilines is 1. The maximum atomic E-state index is 11.7. The molecule has 6 nitrogen and oxygen atoms in total. The smallest absolute Gasteiger partial charge is 0.243 e. The van der Waals surface area contributed by atoms with Gasteiger partial charge in [0, 0.05) is 5.69 Å². The summed E-state index contributed by atoms with van der Waals surface area (Å²) >= 11 is 0. The topological polar surface area (TPSA) is 115 Å². The average Bonchev–Trinajstić information content (AvgIpc) is 2.17. The zero-order valence-corrected chi connectivity index (χ0v) is 11.3. The lowest BCUT2D eigenvalue weighted by Gasteiger charge is -2.18. The van der Waals surface area contributed by atoms with Crippen molar-refractivity contribution in [1.29, 1.82) is 0 Å². The van der Waals surface area contributed by atoms with Crippen LogP contribution in [0, 0.1) is 6.92 Å². The molecule has 100 valence electrons. The van der Waals surface area contributed by atoms with E-state index in [9.17, 15) is 13.2 Å². The first kappa shape index (κ1) is 14.6. The number of carbonyl (C=O) groups is 1. The number of sulfonamides is 1. The molecule has 0 radical (unpaired) electrons. The van der Waals surface area contributed by atoms with E-state index in [1.54, 1.807) is 32.9 Å². The van der Waals surface area contributed by atoms with Crippen molar-refractivity contribution in [2.45, 2.75) is 31.2 Å². The van der Waals surface area contributed by atoms with Crippen molar-refractivity contribution in [3.8, 4) is 0 Å². The number of rotatable bonds is 3. The Morgan fingerprint density at radius 1 is 1.33 bits per heavy atom. The second-order valence-corrected chi connectivity index (χ2v) is 6.23. The van der Waals surface area contributed by atoms with Crippen molar-refractivity contribution in [2.75, 3.05) is 5.32 Å². The second kappa shape index (κ2) is 4.68. The molecule has 0 bridgehead atoms. The number of aryl methyl sites for hydroxylation is 1. The van der Waals surface area contributed by atoms with E-state index in [-0.39, 0.29) is 4.90 Å². The molecule has 1 aromatic rings. The Bertz CT molecular complexity index is 574. The van der Waals surface area contributed by atoms with Gasteiger partial charge < -0.3 is 11.1 Å². The summed E-state index contributed by atoms with van der Waals surface area (Å²) in [6, 6.07) is 4.47. The predicted molar refractivity (Wildman–Crippen MR) is 69.4 cm³/mol. The molecule has 0 saturated carbocycles. The third-order valence-electron chi connectivity index (χ3n) is 2.34. The van der Waals surface area contributed by atoms with Crippen LogP contribution in [0.5, 0.6) is 0 Å². The van der Waals surface area contributed by atoms with E-state index in [0.717, 1.165) is 0 Å². The summed E-state index contributed by atoms with van der Waals surface area (Å²) in [7, 11) is -3.81. The van der Waals surface area contributed by atoms with Crippen molar-refractivity contribution in [1.82, 2.24) is 0 Å². The molecule has 1 aromatic carbocycles. The molecule has 0 unspecified atom stereocenters. The van der Waals surface area contributed by atoms with E-state index in [0.29, 0.717) is 11.3 Å². The number of carbonyl (C=O) groups excluding carboxylic acids is 1. The number of benzene rings is 1. The minimum atomic E-state index is -3.81. The minimum Gasteiger partial charge on any atom is -0.324 e. The van der Waals surface area contributed by atoms with Gasteiger partial charge in [-0.15, -0.1) is 0 Å². The molecular weight excluding hydrogens is 254 g/mol. The minimum absolute atomic E-state index is 0.0184. The molecule has 0 atom stereocenters. The first-order chi connectivity index (χ1) is 8.01. The maximum absolute atomic E-state index is 11.7. The van der Waals surface area contributed by atoms with Gasteiger partial charge in [0.05, 0.1) is 10.4 Å². The fourth-order valence-electron chi connectivity index (χ4n) is 1.28. The Morgan fingerprint density at radius 3 is 2.33 bits per heavy atom. The molecule has 1 rings (SSSR count). The van der Waals surface area contributed by atoms with Crippen LogP contribution in [0.25, 0.3) is 0 Å². The molecule has 0 spiro atoms. The van der Waals surface area contributed by atoms with Gasteiger partial charge in [0.1, 0.15) is 0 Å². The van der Waals surface area contributed by atoms with E-state index in [4.69, 9.17) is 10.9 Å². The van der Waals surface area contributed by atoms with Crippen molar-refractivity contribution >= 4 is 21.6 Å². The monoisotopic (exact) mass is 271 g/mol. The van der Waals surface area contributed by atoms with Gasteiger partial charge in [-0.3, -0.25) is 4.79 Å². The molecule has 1 amide bonds. The summed E-state index contributed by atoms with van der Waals surface area (Å²) in [4.78, 5) is 11.6. The van der Waals surface area contributed by atoms with Gasteiger partial charge in [0.2, 0.25) is 15.9 Å². The molecular formula is C11H17N3O3S. The van der Waals surface area contributed by atoms with Crippen molar-refractivity contribution in [3.63, 3.8) is 0 Å². The largest absolute Gasteiger partial charge is 0.324 e. The van der Waals surface area contributed by atoms with Crippen molar-refractivity contribution in [3.05, 3.63) is 23.8 Å². The third-order valence-corrected chi connectivity index (χ3v) is 3.39. The van der Waals surface area contributed by atoms with Crippen LogP contribution in [0.15, 0.2) is 23.1 Å². The van der Waals surface area contributed by atoms with E-state index in [1.807, 2.05) is 0 Å². The number of nitrogens with two attached hydrogens (primary N) is 2. The quantitative estimate of drug-likeness (QED) is 0.734. The molecule has 0 aliphatic carbocycles. The highest BCUT2D eigenvalue weighted by molar-refractivity contribution is 7.89. The lowest BCUT2D eigenvalue weighted by molar-refractivity contribution is -0.120. The number of amides is 1. The van der Waals surface area contributed by atoms with Gasteiger partial charge >= 0.3 is 0 Å². The summed E-state index contributed by atoms with van der Waals surface area (Å²) < 4.78 is 22.7.